The van der Waals surface area contributed by atoms with Crippen LogP contribution in [0.25, 0.3) is 0 Å². The van der Waals surface area contributed by atoms with Crippen LogP contribution in [0.4, 0.5) is 0 Å². The molecule has 0 spiro atoms. The van der Waals surface area contributed by atoms with Gasteiger partial charge in [0.1, 0.15) is 0 Å². The molecule has 4 heteroatoms. The number of carbonyl (C=O) groups excluding carboxylic acids is 1. The summed E-state index contributed by atoms with van der Waals surface area (Å²) < 4.78 is 1.75. The first-order valence-corrected chi connectivity index (χ1v) is 6.26. The van der Waals surface area contributed by atoms with Crippen molar-refractivity contribution in [3.8, 4) is 0 Å². The van der Waals surface area contributed by atoms with E-state index >= 15 is 0 Å². The smallest absolute Gasteiger partial charge is 0.179 e. The molecule has 0 bridgehead atoms. The molecule has 2 unspecified atom stereocenters. The van der Waals surface area contributed by atoms with Gasteiger partial charge in [-0.3, -0.25) is 9.48 Å². The Morgan fingerprint density at radius 1 is 1.67 bits per heavy atom. The van der Waals surface area contributed by atoms with Gasteiger partial charge >= 0.3 is 0 Å². The highest BCUT2D eigenvalue weighted by molar-refractivity contribution is 9.10. The van der Waals surface area contributed by atoms with E-state index in [0.717, 1.165) is 30.5 Å². The Bertz CT molecular complexity index is 386. The molecule has 0 N–H and O–H groups in total. The van der Waals surface area contributed by atoms with Gasteiger partial charge in [-0.2, -0.15) is 5.10 Å². The predicted octanol–water partition coefficient (Wildman–Crippen LogP) is 2.65. The van der Waals surface area contributed by atoms with E-state index in [1.165, 1.54) is 0 Å². The normalized spacial score (nSPS) is 25.4. The summed E-state index contributed by atoms with van der Waals surface area (Å²) in [5.74, 6) is 0.624. The van der Waals surface area contributed by atoms with Crippen LogP contribution in [0.2, 0.25) is 0 Å². The van der Waals surface area contributed by atoms with Crippen LogP contribution >= 0.6 is 15.9 Å². The number of fused-ring (bicyclic) bond motifs is 1. The number of hydrogen-bond donors (Lipinski definition) is 0. The molecule has 2 atom stereocenters. The first kappa shape index (κ1) is 10.9. The van der Waals surface area contributed by atoms with E-state index in [9.17, 15) is 4.79 Å². The SMILES string of the molecule is CCCC1CC(Br)C(=O)c2cn(C)nc21. The Balaban J connectivity index is 2.40. The fourth-order valence-electron chi connectivity index (χ4n) is 2.24. The number of rotatable bonds is 2. The van der Waals surface area contributed by atoms with Crippen LogP contribution in [0.5, 0.6) is 0 Å². The Kier molecular flexibility index (Phi) is 2.96. The third-order valence-electron chi connectivity index (χ3n) is 2.92. The summed E-state index contributed by atoms with van der Waals surface area (Å²) in [6.07, 6.45) is 4.97. The predicted molar refractivity (Wildman–Crippen MR) is 62.5 cm³/mol. The van der Waals surface area contributed by atoms with E-state index in [1.807, 2.05) is 13.2 Å². The molecule has 0 saturated heterocycles. The Morgan fingerprint density at radius 2 is 2.40 bits per heavy atom. The topological polar surface area (TPSA) is 34.9 Å². The molecule has 0 aromatic carbocycles. The highest BCUT2D eigenvalue weighted by Gasteiger charge is 2.34. The lowest BCUT2D eigenvalue weighted by atomic mass is 9.84. The average Bonchev–Trinajstić information content (AvgIpc) is 2.57. The van der Waals surface area contributed by atoms with Gasteiger partial charge in [0.05, 0.1) is 16.1 Å². The van der Waals surface area contributed by atoms with Crippen molar-refractivity contribution in [1.29, 1.82) is 0 Å². The minimum atomic E-state index is -0.0225. The van der Waals surface area contributed by atoms with Crippen LogP contribution in [0.3, 0.4) is 0 Å². The maximum absolute atomic E-state index is 11.9. The summed E-state index contributed by atoms with van der Waals surface area (Å²) in [7, 11) is 1.87. The highest BCUT2D eigenvalue weighted by atomic mass is 79.9. The van der Waals surface area contributed by atoms with Gasteiger partial charge in [-0.25, -0.2) is 0 Å². The molecule has 2 rings (SSSR count). The molecule has 0 amide bonds. The fraction of sp³-hybridized carbons (Fsp3) is 0.636. The molecule has 0 saturated carbocycles. The van der Waals surface area contributed by atoms with Crippen LogP contribution in [0.15, 0.2) is 6.20 Å². The summed E-state index contributed by atoms with van der Waals surface area (Å²) >= 11 is 3.46. The lowest BCUT2D eigenvalue weighted by Crippen LogP contribution is -2.25. The van der Waals surface area contributed by atoms with Crippen LogP contribution in [0, 0.1) is 0 Å². The van der Waals surface area contributed by atoms with E-state index in [4.69, 9.17) is 0 Å². The van der Waals surface area contributed by atoms with Crippen molar-refractivity contribution in [3.63, 3.8) is 0 Å². The van der Waals surface area contributed by atoms with Gasteiger partial charge in [-0.15, -0.1) is 0 Å². The van der Waals surface area contributed by atoms with Crippen LogP contribution in [0.1, 0.15) is 48.2 Å². The molecule has 1 heterocycles. The molecule has 1 aliphatic carbocycles. The molecular formula is C11H15BrN2O. The summed E-state index contributed by atoms with van der Waals surface area (Å²) in [5, 5.41) is 4.41. The maximum Gasteiger partial charge on any atom is 0.179 e. The first-order chi connectivity index (χ1) is 7.13. The van der Waals surface area contributed by atoms with Crippen molar-refractivity contribution in [2.24, 2.45) is 7.05 Å². The van der Waals surface area contributed by atoms with Gasteiger partial charge in [0.25, 0.3) is 0 Å². The Labute approximate surface area is 98.0 Å². The largest absolute Gasteiger partial charge is 0.293 e. The number of aryl methyl sites for hydroxylation is 1. The van der Waals surface area contributed by atoms with Crippen LogP contribution in [-0.2, 0) is 7.05 Å². The van der Waals surface area contributed by atoms with Gasteiger partial charge in [0.2, 0.25) is 0 Å². The first-order valence-electron chi connectivity index (χ1n) is 5.35. The Hall–Kier alpha value is -0.640. The summed E-state index contributed by atoms with van der Waals surface area (Å²) in [4.78, 5) is 11.9. The third kappa shape index (κ3) is 1.87. The molecule has 0 radical (unpaired) electrons. The van der Waals surface area contributed by atoms with Gasteiger partial charge in [0.15, 0.2) is 5.78 Å². The van der Waals surface area contributed by atoms with Crippen molar-refractivity contribution >= 4 is 21.7 Å². The van der Waals surface area contributed by atoms with Crippen LogP contribution in [-0.4, -0.2) is 20.4 Å². The van der Waals surface area contributed by atoms with Gasteiger partial charge in [0, 0.05) is 19.2 Å². The standard InChI is InChI=1S/C11H15BrN2O/c1-3-4-7-5-9(12)11(15)8-6-14(2)13-10(7)8/h6-7,9H,3-5H2,1-2H3. The third-order valence-corrected chi connectivity index (χ3v) is 3.71. The van der Waals surface area contributed by atoms with Crippen molar-refractivity contribution in [2.45, 2.75) is 36.9 Å². The highest BCUT2D eigenvalue weighted by Crippen LogP contribution is 2.36. The maximum atomic E-state index is 11.9. The molecule has 0 aliphatic heterocycles. The van der Waals surface area contributed by atoms with E-state index in [1.54, 1.807) is 4.68 Å². The van der Waals surface area contributed by atoms with E-state index < -0.39 is 0 Å². The number of hydrogen-bond acceptors (Lipinski definition) is 2. The number of ketones is 1. The minimum Gasteiger partial charge on any atom is -0.293 e. The lowest BCUT2D eigenvalue weighted by molar-refractivity contribution is 0.0975. The van der Waals surface area contributed by atoms with E-state index in [2.05, 4.69) is 28.0 Å². The van der Waals surface area contributed by atoms with Crippen LogP contribution < -0.4 is 0 Å². The molecule has 0 fully saturated rings. The molecule has 15 heavy (non-hydrogen) atoms. The lowest BCUT2D eigenvalue weighted by Gasteiger charge is -2.23. The zero-order valence-electron chi connectivity index (χ0n) is 9.03. The summed E-state index contributed by atoms with van der Waals surface area (Å²) in [5.41, 5.74) is 1.81. The zero-order chi connectivity index (χ0) is 11.0. The van der Waals surface area contributed by atoms with Crippen molar-refractivity contribution in [3.05, 3.63) is 17.5 Å². The minimum absolute atomic E-state index is 0.0225. The second-order valence-electron chi connectivity index (χ2n) is 4.15. The molecule has 1 aromatic heterocycles. The number of nitrogens with zero attached hydrogens (tertiary/aromatic N) is 2. The zero-order valence-corrected chi connectivity index (χ0v) is 10.6. The molecule has 1 aromatic rings. The fourth-order valence-corrected chi connectivity index (χ4v) is 2.94. The second kappa shape index (κ2) is 4.08. The van der Waals surface area contributed by atoms with Gasteiger partial charge in [-0.1, -0.05) is 29.3 Å². The van der Waals surface area contributed by atoms with Crippen molar-refractivity contribution in [2.75, 3.05) is 0 Å². The molecular weight excluding hydrogens is 256 g/mol. The van der Waals surface area contributed by atoms with Gasteiger partial charge in [-0.05, 0) is 12.8 Å². The number of aromatic nitrogens is 2. The van der Waals surface area contributed by atoms with E-state index in [0.29, 0.717) is 5.92 Å². The number of carbonyl (C=O) groups is 1. The quantitative estimate of drug-likeness (QED) is 0.775. The van der Waals surface area contributed by atoms with E-state index in [-0.39, 0.29) is 10.6 Å². The summed E-state index contributed by atoms with van der Waals surface area (Å²) in [6, 6.07) is 0. The van der Waals surface area contributed by atoms with Crippen molar-refractivity contribution < 1.29 is 4.79 Å². The second-order valence-corrected chi connectivity index (χ2v) is 5.26. The monoisotopic (exact) mass is 270 g/mol. The average molecular weight is 271 g/mol. The molecule has 82 valence electrons. The molecule has 1 aliphatic rings. The number of Topliss-reactive ketones (excluding diaryl/α,β-unsaturated/α-hetero) is 1. The van der Waals surface area contributed by atoms with Crippen molar-refractivity contribution in [1.82, 2.24) is 9.78 Å². The number of alkyl halides is 1. The number of halogens is 1. The Morgan fingerprint density at radius 3 is 3.07 bits per heavy atom. The molecule has 3 nitrogen and oxygen atoms in total. The summed E-state index contributed by atoms with van der Waals surface area (Å²) in [6.45, 7) is 2.17. The van der Waals surface area contributed by atoms with Gasteiger partial charge < -0.3 is 0 Å².